The molecule has 132 valence electrons. The molecule has 0 saturated carbocycles. The molecule has 4 heterocycles. The molecular weight excluding hydrogens is 330 g/mol. The summed E-state index contributed by atoms with van der Waals surface area (Å²) >= 11 is 1.83. The zero-order valence-corrected chi connectivity index (χ0v) is 14.4. The van der Waals surface area contributed by atoms with Crippen LogP contribution in [0.5, 0.6) is 0 Å². The van der Waals surface area contributed by atoms with Crippen LogP contribution in [0.3, 0.4) is 0 Å². The van der Waals surface area contributed by atoms with Gasteiger partial charge < -0.3 is 14.6 Å². The third-order valence-electron chi connectivity index (χ3n) is 5.32. The molecule has 3 fully saturated rings. The van der Waals surface area contributed by atoms with Crippen LogP contribution in [-0.2, 0) is 4.79 Å². The maximum atomic E-state index is 12.5. The standard InChI is InChI=1S/C15H23N5O3S/c21-14(20-5-6-24-9-20)12-7-11(8-16-12)19-3-1-10(2-4-19)13-17-18-15(22)23-13/h10-12,16H,1-9H2,(H,18,22)/t11-,12-/m0/s1. The molecule has 2 N–H and O–H groups in total. The minimum absolute atomic E-state index is 0.0317. The summed E-state index contributed by atoms with van der Waals surface area (Å²) in [4.78, 5) is 28.0. The summed E-state index contributed by atoms with van der Waals surface area (Å²) in [5.74, 6) is 2.42. The summed E-state index contributed by atoms with van der Waals surface area (Å²) in [6.07, 6.45) is 2.76. The van der Waals surface area contributed by atoms with E-state index in [9.17, 15) is 9.59 Å². The van der Waals surface area contributed by atoms with Crippen molar-refractivity contribution in [2.24, 2.45) is 0 Å². The molecule has 8 nitrogen and oxygen atoms in total. The van der Waals surface area contributed by atoms with E-state index in [1.165, 1.54) is 0 Å². The highest BCUT2D eigenvalue weighted by molar-refractivity contribution is 7.99. The first-order valence-electron chi connectivity index (χ1n) is 8.60. The Bertz CT molecular complexity index is 633. The Balaban J connectivity index is 1.29. The molecule has 0 aromatic carbocycles. The Labute approximate surface area is 144 Å². The van der Waals surface area contributed by atoms with Gasteiger partial charge in [0.2, 0.25) is 11.8 Å². The van der Waals surface area contributed by atoms with E-state index in [4.69, 9.17) is 4.42 Å². The lowest BCUT2D eigenvalue weighted by Gasteiger charge is -2.34. The SMILES string of the molecule is O=C([C@@H]1C[C@H](N2CCC(c3n[nH]c(=O)o3)CC2)CN1)N1CCSC1. The second-order valence-electron chi connectivity index (χ2n) is 6.75. The largest absolute Gasteiger partial charge is 0.434 e. The maximum absolute atomic E-state index is 12.5. The number of piperidine rings is 1. The zero-order chi connectivity index (χ0) is 16.5. The van der Waals surface area contributed by atoms with Gasteiger partial charge >= 0.3 is 5.76 Å². The molecular formula is C15H23N5O3S. The van der Waals surface area contributed by atoms with Gasteiger partial charge in [0.15, 0.2) is 0 Å². The normalized spacial score (nSPS) is 29.4. The minimum atomic E-state index is -0.478. The summed E-state index contributed by atoms with van der Waals surface area (Å²) in [6, 6.07) is 0.386. The first-order chi connectivity index (χ1) is 11.7. The van der Waals surface area contributed by atoms with Crippen molar-refractivity contribution in [3.05, 3.63) is 16.4 Å². The number of aromatic nitrogens is 2. The second kappa shape index (κ2) is 6.89. The Morgan fingerprint density at radius 3 is 2.79 bits per heavy atom. The molecule has 1 aromatic heterocycles. The number of thioether (sulfide) groups is 1. The molecule has 9 heteroatoms. The molecule has 1 aromatic rings. The predicted octanol–water partition coefficient (Wildman–Crippen LogP) is -0.194. The summed E-state index contributed by atoms with van der Waals surface area (Å²) in [5, 5.41) is 9.70. The maximum Gasteiger partial charge on any atom is 0.434 e. The number of carbonyl (C=O) groups excluding carboxylic acids is 1. The van der Waals surface area contributed by atoms with E-state index in [1.807, 2.05) is 16.7 Å². The molecule has 0 unspecified atom stereocenters. The van der Waals surface area contributed by atoms with Crippen LogP contribution in [0.25, 0.3) is 0 Å². The van der Waals surface area contributed by atoms with E-state index in [1.54, 1.807) is 0 Å². The Kier molecular flexibility index (Phi) is 4.64. The van der Waals surface area contributed by atoms with E-state index in [2.05, 4.69) is 20.4 Å². The van der Waals surface area contributed by atoms with Crippen LogP contribution in [-0.4, -0.2) is 75.8 Å². The molecule has 0 aliphatic carbocycles. The third-order valence-corrected chi connectivity index (χ3v) is 6.29. The van der Waals surface area contributed by atoms with Crippen LogP contribution in [0.2, 0.25) is 0 Å². The summed E-state index contributed by atoms with van der Waals surface area (Å²) in [7, 11) is 0. The van der Waals surface area contributed by atoms with Crippen molar-refractivity contribution in [3.8, 4) is 0 Å². The average molecular weight is 353 g/mol. The zero-order valence-electron chi connectivity index (χ0n) is 13.6. The molecule has 4 rings (SSSR count). The van der Waals surface area contributed by atoms with Crippen LogP contribution in [0.4, 0.5) is 0 Å². The highest BCUT2D eigenvalue weighted by Crippen LogP contribution is 2.29. The van der Waals surface area contributed by atoms with Gasteiger partial charge in [-0.25, -0.2) is 9.89 Å². The number of amides is 1. The van der Waals surface area contributed by atoms with E-state index < -0.39 is 5.76 Å². The fraction of sp³-hybridized carbons (Fsp3) is 0.800. The number of likely N-dealkylation sites (tertiary alicyclic amines) is 1. The quantitative estimate of drug-likeness (QED) is 0.777. The van der Waals surface area contributed by atoms with E-state index >= 15 is 0 Å². The van der Waals surface area contributed by atoms with Gasteiger partial charge in [-0.15, -0.1) is 16.9 Å². The van der Waals surface area contributed by atoms with Gasteiger partial charge in [-0.05, 0) is 32.4 Å². The van der Waals surface area contributed by atoms with Crippen LogP contribution in [0.15, 0.2) is 9.21 Å². The first kappa shape index (κ1) is 16.2. The van der Waals surface area contributed by atoms with Crippen molar-refractivity contribution in [2.45, 2.75) is 37.3 Å². The summed E-state index contributed by atoms with van der Waals surface area (Å²) in [5.41, 5.74) is 0. The Hall–Kier alpha value is -1.32. The summed E-state index contributed by atoms with van der Waals surface area (Å²) in [6.45, 7) is 3.66. The van der Waals surface area contributed by atoms with Gasteiger partial charge in [-0.1, -0.05) is 0 Å². The van der Waals surface area contributed by atoms with Crippen molar-refractivity contribution < 1.29 is 9.21 Å². The van der Waals surface area contributed by atoms with Crippen molar-refractivity contribution in [1.82, 2.24) is 25.3 Å². The number of H-pyrrole nitrogens is 1. The highest BCUT2D eigenvalue weighted by Gasteiger charge is 2.37. The fourth-order valence-electron chi connectivity index (χ4n) is 3.92. The number of hydrogen-bond acceptors (Lipinski definition) is 7. The first-order valence-corrected chi connectivity index (χ1v) is 9.75. The van der Waals surface area contributed by atoms with Crippen molar-refractivity contribution in [2.75, 3.05) is 37.8 Å². The van der Waals surface area contributed by atoms with Gasteiger partial charge in [0.25, 0.3) is 0 Å². The fourth-order valence-corrected chi connectivity index (χ4v) is 4.87. The van der Waals surface area contributed by atoms with E-state index in [0.717, 1.165) is 57.1 Å². The van der Waals surface area contributed by atoms with Crippen molar-refractivity contribution in [1.29, 1.82) is 0 Å². The van der Waals surface area contributed by atoms with Crippen LogP contribution in [0.1, 0.15) is 31.1 Å². The number of hydrogen-bond donors (Lipinski definition) is 2. The monoisotopic (exact) mass is 353 g/mol. The van der Waals surface area contributed by atoms with E-state index in [0.29, 0.717) is 11.9 Å². The second-order valence-corrected chi connectivity index (χ2v) is 7.83. The molecule has 2 atom stereocenters. The highest BCUT2D eigenvalue weighted by atomic mass is 32.2. The smallest absolute Gasteiger partial charge is 0.392 e. The van der Waals surface area contributed by atoms with Crippen molar-refractivity contribution >= 4 is 17.7 Å². The molecule has 0 bridgehead atoms. The number of rotatable bonds is 3. The third kappa shape index (κ3) is 3.25. The lowest BCUT2D eigenvalue weighted by Crippen LogP contribution is -2.42. The van der Waals surface area contributed by atoms with Gasteiger partial charge in [0.05, 0.1) is 11.9 Å². The lowest BCUT2D eigenvalue weighted by atomic mass is 9.95. The molecule has 1 amide bonds. The number of nitrogens with zero attached hydrogens (tertiary/aromatic N) is 3. The Morgan fingerprint density at radius 1 is 1.29 bits per heavy atom. The molecule has 24 heavy (non-hydrogen) atoms. The average Bonchev–Trinajstić information content (AvgIpc) is 3.36. The predicted molar refractivity (Wildman–Crippen MR) is 89.9 cm³/mol. The van der Waals surface area contributed by atoms with E-state index in [-0.39, 0.29) is 17.9 Å². The lowest BCUT2D eigenvalue weighted by molar-refractivity contribution is -0.131. The number of carbonyl (C=O) groups is 1. The molecule has 0 spiro atoms. The molecule has 0 radical (unpaired) electrons. The van der Waals surface area contributed by atoms with Crippen LogP contribution < -0.4 is 11.1 Å². The molecule has 3 aliphatic rings. The van der Waals surface area contributed by atoms with Gasteiger partial charge in [0.1, 0.15) is 0 Å². The van der Waals surface area contributed by atoms with Gasteiger partial charge in [-0.2, -0.15) is 0 Å². The van der Waals surface area contributed by atoms with Gasteiger partial charge in [-0.3, -0.25) is 9.69 Å². The molecule has 3 saturated heterocycles. The number of nitrogens with one attached hydrogen (secondary N) is 2. The van der Waals surface area contributed by atoms with Crippen LogP contribution >= 0.6 is 11.8 Å². The molecule has 3 aliphatic heterocycles. The minimum Gasteiger partial charge on any atom is -0.392 e. The topological polar surface area (TPSA) is 94.5 Å². The summed E-state index contributed by atoms with van der Waals surface area (Å²) < 4.78 is 5.08. The number of aromatic amines is 1. The van der Waals surface area contributed by atoms with Crippen molar-refractivity contribution in [3.63, 3.8) is 0 Å². The van der Waals surface area contributed by atoms with Crippen LogP contribution in [0, 0.1) is 0 Å². The van der Waals surface area contributed by atoms with Gasteiger partial charge in [0, 0.05) is 30.8 Å². The Morgan fingerprint density at radius 2 is 2.12 bits per heavy atom.